The van der Waals surface area contributed by atoms with Crippen LogP contribution < -0.4 is 5.32 Å². The zero-order valence-corrected chi connectivity index (χ0v) is 10.5. The van der Waals surface area contributed by atoms with E-state index in [0.717, 1.165) is 12.6 Å². The van der Waals surface area contributed by atoms with Gasteiger partial charge in [-0.2, -0.15) is 0 Å². The largest absolute Gasteiger partial charge is 0.382 e. The fraction of sp³-hybridized carbons (Fsp3) is 0.600. The third kappa shape index (κ3) is 2.63. The molecule has 2 heteroatoms. The summed E-state index contributed by atoms with van der Waals surface area (Å²) < 4.78 is 0. The van der Waals surface area contributed by atoms with E-state index in [0.29, 0.717) is 0 Å². The van der Waals surface area contributed by atoms with E-state index >= 15 is 0 Å². The lowest BCUT2D eigenvalue weighted by atomic mass is 9.92. The Kier molecular flexibility index (Phi) is 3.32. The summed E-state index contributed by atoms with van der Waals surface area (Å²) in [5.74, 6) is 0. The van der Waals surface area contributed by atoms with Crippen molar-refractivity contribution in [2.45, 2.75) is 44.7 Å². The number of nitrogens with one attached hydrogen (secondary N) is 1. The van der Waals surface area contributed by atoms with Crippen LogP contribution in [0.4, 0.5) is 5.69 Å². The predicted molar refractivity (Wildman–Crippen MR) is 72.2 cm³/mol. The van der Waals surface area contributed by atoms with Crippen molar-refractivity contribution in [3.05, 3.63) is 29.8 Å². The topological polar surface area (TPSA) is 15.3 Å². The third-order valence-corrected chi connectivity index (χ3v) is 4.07. The molecule has 1 saturated heterocycles. The first-order chi connectivity index (χ1) is 8.42. The minimum atomic E-state index is 0.731. The van der Waals surface area contributed by atoms with Gasteiger partial charge in [0.2, 0.25) is 0 Å². The molecule has 3 rings (SSSR count). The van der Waals surface area contributed by atoms with Gasteiger partial charge in [0, 0.05) is 18.3 Å². The highest BCUT2D eigenvalue weighted by Crippen LogP contribution is 2.26. The van der Waals surface area contributed by atoms with Gasteiger partial charge in [-0.25, -0.2) is 0 Å². The second-order valence-electron chi connectivity index (χ2n) is 5.41. The second kappa shape index (κ2) is 5.09. The summed E-state index contributed by atoms with van der Waals surface area (Å²) in [6.07, 6.45) is 6.83. The zero-order valence-electron chi connectivity index (χ0n) is 10.5. The Balaban J connectivity index is 1.68. The smallest absolute Gasteiger partial charge is 0.0388 e. The van der Waals surface area contributed by atoms with E-state index < -0.39 is 0 Å². The molecule has 1 aliphatic carbocycles. The second-order valence-corrected chi connectivity index (χ2v) is 5.41. The summed E-state index contributed by atoms with van der Waals surface area (Å²) in [5, 5.41) is 3.69. The molecule has 2 nitrogen and oxygen atoms in total. The fourth-order valence-electron chi connectivity index (χ4n) is 2.75. The lowest BCUT2D eigenvalue weighted by molar-refractivity contribution is 0.331. The van der Waals surface area contributed by atoms with Gasteiger partial charge in [0.25, 0.3) is 0 Å². The van der Waals surface area contributed by atoms with E-state index in [1.54, 1.807) is 0 Å². The van der Waals surface area contributed by atoms with Crippen molar-refractivity contribution >= 4 is 5.69 Å². The molecule has 0 amide bonds. The number of likely N-dealkylation sites (tertiary alicyclic amines) is 1. The van der Waals surface area contributed by atoms with Gasteiger partial charge in [0.15, 0.2) is 0 Å². The van der Waals surface area contributed by atoms with Gasteiger partial charge >= 0.3 is 0 Å². The average molecular weight is 230 g/mol. The molecular formula is C15H22N2. The normalized spacial score (nSPS) is 21.4. The Morgan fingerprint density at radius 1 is 1.06 bits per heavy atom. The Morgan fingerprint density at radius 2 is 1.82 bits per heavy atom. The van der Waals surface area contributed by atoms with Gasteiger partial charge in [-0.15, -0.1) is 0 Å². The molecule has 0 atom stereocenters. The summed E-state index contributed by atoms with van der Waals surface area (Å²) in [6, 6.07) is 9.56. The molecule has 2 fully saturated rings. The van der Waals surface area contributed by atoms with Crippen LogP contribution in [-0.2, 0) is 6.54 Å². The van der Waals surface area contributed by atoms with Crippen molar-refractivity contribution in [1.29, 1.82) is 0 Å². The van der Waals surface area contributed by atoms with Gasteiger partial charge in [-0.05, 0) is 56.8 Å². The van der Waals surface area contributed by atoms with Crippen molar-refractivity contribution in [2.24, 2.45) is 0 Å². The van der Waals surface area contributed by atoms with Crippen LogP contribution in [0, 0.1) is 0 Å². The van der Waals surface area contributed by atoms with E-state index in [-0.39, 0.29) is 0 Å². The van der Waals surface area contributed by atoms with Crippen LogP contribution in [0.5, 0.6) is 0 Å². The summed E-state index contributed by atoms with van der Waals surface area (Å²) >= 11 is 0. The molecular weight excluding hydrogens is 208 g/mol. The lowest BCUT2D eigenvalue weighted by Gasteiger charge is -2.29. The van der Waals surface area contributed by atoms with Crippen LogP contribution in [0.1, 0.15) is 37.7 Å². The highest BCUT2D eigenvalue weighted by Gasteiger charge is 2.19. The molecule has 1 saturated carbocycles. The molecule has 1 N–H and O–H groups in total. The first-order valence-corrected chi connectivity index (χ1v) is 6.98. The summed E-state index contributed by atoms with van der Waals surface area (Å²) in [5.41, 5.74) is 2.84. The molecule has 0 bridgehead atoms. The molecule has 2 aliphatic rings. The Bertz CT molecular complexity index is 365. The summed E-state index contributed by atoms with van der Waals surface area (Å²) in [4.78, 5) is 2.57. The molecule has 92 valence electrons. The van der Waals surface area contributed by atoms with E-state index in [4.69, 9.17) is 0 Å². The molecule has 1 aliphatic heterocycles. The van der Waals surface area contributed by atoms with Gasteiger partial charge in [-0.1, -0.05) is 18.2 Å². The number of para-hydroxylation sites is 1. The number of rotatable bonds is 4. The number of nitrogens with zero attached hydrogens (tertiary/aromatic N) is 1. The number of hydrogen-bond acceptors (Lipinski definition) is 2. The molecule has 0 spiro atoms. The summed E-state index contributed by atoms with van der Waals surface area (Å²) in [7, 11) is 0. The minimum Gasteiger partial charge on any atom is -0.382 e. The monoisotopic (exact) mass is 230 g/mol. The Hall–Kier alpha value is -1.02. The Labute approximate surface area is 104 Å². The average Bonchev–Trinajstić information content (AvgIpc) is 2.78. The Morgan fingerprint density at radius 3 is 2.53 bits per heavy atom. The van der Waals surface area contributed by atoms with Crippen LogP contribution in [-0.4, -0.2) is 24.0 Å². The predicted octanol–water partition coefficient (Wildman–Crippen LogP) is 3.25. The number of benzene rings is 1. The molecule has 1 heterocycles. The standard InChI is InChI=1S/C15H22N2/c1-2-9-15(16-14-7-5-8-14)13(6-1)12-17-10-3-4-11-17/h1-2,6,9,14,16H,3-5,7-8,10-12H2. The highest BCUT2D eigenvalue weighted by molar-refractivity contribution is 5.52. The van der Waals surface area contributed by atoms with Gasteiger partial charge in [-0.3, -0.25) is 4.90 Å². The molecule has 0 aromatic heterocycles. The maximum atomic E-state index is 3.69. The molecule has 1 aromatic carbocycles. The van der Waals surface area contributed by atoms with Crippen LogP contribution >= 0.6 is 0 Å². The maximum Gasteiger partial charge on any atom is 0.0388 e. The SMILES string of the molecule is c1ccc(NC2CCC2)c(CN2CCCC2)c1. The van der Waals surface area contributed by atoms with Crippen LogP contribution in [0.2, 0.25) is 0 Å². The van der Waals surface area contributed by atoms with E-state index in [2.05, 4.69) is 34.5 Å². The molecule has 1 aromatic rings. The lowest BCUT2D eigenvalue weighted by Crippen LogP contribution is -2.28. The maximum absolute atomic E-state index is 3.69. The van der Waals surface area contributed by atoms with Gasteiger partial charge in [0.05, 0.1) is 0 Å². The highest BCUT2D eigenvalue weighted by atomic mass is 15.1. The summed E-state index contributed by atoms with van der Waals surface area (Å²) in [6.45, 7) is 3.67. The van der Waals surface area contributed by atoms with Crippen molar-refractivity contribution in [2.75, 3.05) is 18.4 Å². The third-order valence-electron chi connectivity index (χ3n) is 4.07. The van der Waals surface area contributed by atoms with Crippen molar-refractivity contribution in [3.8, 4) is 0 Å². The number of anilines is 1. The van der Waals surface area contributed by atoms with Crippen molar-refractivity contribution < 1.29 is 0 Å². The quantitative estimate of drug-likeness (QED) is 0.854. The number of hydrogen-bond donors (Lipinski definition) is 1. The van der Waals surface area contributed by atoms with Crippen LogP contribution in [0.25, 0.3) is 0 Å². The zero-order chi connectivity index (χ0) is 11.5. The molecule has 0 radical (unpaired) electrons. The molecule has 0 unspecified atom stereocenters. The first kappa shape index (κ1) is 11.1. The molecule has 17 heavy (non-hydrogen) atoms. The first-order valence-electron chi connectivity index (χ1n) is 6.98. The van der Waals surface area contributed by atoms with Crippen molar-refractivity contribution in [1.82, 2.24) is 4.90 Å². The minimum absolute atomic E-state index is 0.731. The van der Waals surface area contributed by atoms with Crippen molar-refractivity contribution in [3.63, 3.8) is 0 Å². The van der Waals surface area contributed by atoms with E-state index in [1.807, 2.05) is 0 Å². The van der Waals surface area contributed by atoms with E-state index in [1.165, 1.54) is 56.4 Å². The fourth-order valence-corrected chi connectivity index (χ4v) is 2.75. The van der Waals surface area contributed by atoms with Crippen LogP contribution in [0.3, 0.4) is 0 Å². The van der Waals surface area contributed by atoms with Gasteiger partial charge in [0.1, 0.15) is 0 Å². The van der Waals surface area contributed by atoms with E-state index in [9.17, 15) is 0 Å². The van der Waals surface area contributed by atoms with Crippen LogP contribution in [0.15, 0.2) is 24.3 Å². The van der Waals surface area contributed by atoms with Gasteiger partial charge < -0.3 is 5.32 Å².